The van der Waals surface area contributed by atoms with Crippen LogP contribution in [0.4, 0.5) is 5.69 Å². The van der Waals surface area contributed by atoms with Crippen LogP contribution in [0.15, 0.2) is 77.2 Å². The number of amides is 2. The molecule has 1 N–H and O–H groups in total. The molecule has 0 radical (unpaired) electrons. The van der Waals surface area contributed by atoms with Crippen molar-refractivity contribution >= 4 is 17.5 Å². The monoisotopic (exact) mass is 454 g/mol. The number of aryl methyl sites for hydroxylation is 1. The van der Waals surface area contributed by atoms with Crippen LogP contribution in [-0.4, -0.2) is 40.0 Å². The summed E-state index contributed by atoms with van der Waals surface area (Å²) < 4.78 is 5.82. The van der Waals surface area contributed by atoms with Crippen molar-refractivity contribution in [1.82, 2.24) is 15.1 Å². The van der Waals surface area contributed by atoms with E-state index in [1.54, 1.807) is 53.4 Å². The van der Waals surface area contributed by atoms with E-state index in [-0.39, 0.29) is 11.8 Å². The molecular formula is C27H26N4O3. The van der Waals surface area contributed by atoms with Gasteiger partial charge in [0.15, 0.2) is 0 Å². The lowest BCUT2D eigenvalue weighted by Gasteiger charge is -2.18. The molecule has 0 saturated heterocycles. The van der Waals surface area contributed by atoms with Gasteiger partial charge in [-0.3, -0.25) is 9.59 Å². The van der Waals surface area contributed by atoms with Gasteiger partial charge in [0, 0.05) is 41.0 Å². The van der Waals surface area contributed by atoms with E-state index in [1.165, 1.54) is 0 Å². The van der Waals surface area contributed by atoms with Gasteiger partial charge in [-0.1, -0.05) is 17.7 Å². The highest BCUT2D eigenvalue weighted by Crippen LogP contribution is 2.25. The van der Waals surface area contributed by atoms with Crippen molar-refractivity contribution in [2.24, 2.45) is 0 Å². The van der Waals surface area contributed by atoms with Crippen LogP contribution in [0, 0.1) is 6.92 Å². The lowest BCUT2D eigenvalue weighted by atomic mass is 10.1. The maximum atomic E-state index is 12.7. The number of hydrogen-bond acceptors (Lipinski definition) is 5. The first-order valence-corrected chi connectivity index (χ1v) is 11.2. The van der Waals surface area contributed by atoms with E-state index in [9.17, 15) is 9.59 Å². The van der Waals surface area contributed by atoms with Gasteiger partial charge in [0.05, 0.1) is 0 Å². The zero-order chi connectivity index (χ0) is 24.1. The Morgan fingerprint density at radius 1 is 0.824 bits per heavy atom. The van der Waals surface area contributed by atoms with Gasteiger partial charge in [0.25, 0.3) is 11.8 Å². The second-order valence-electron chi connectivity index (χ2n) is 7.87. The van der Waals surface area contributed by atoms with E-state index in [2.05, 4.69) is 15.5 Å². The first kappa shape index (κ1) is 22.9. The van der Waals surface area contributed by atoms with Gasteiger partial charge in [-0.25, -0.2) is 0 Å². The Morgan fingerprint density at radius 3 is 2.06 bits per heavy atom. The highest BCUT2D eigenvalue weighted by molar-refractivity contribution is 6.04. The lowest BCUT2D eigenvalue weighted by molar-refractivity contribution is 0.0773. The third-order valence-corrected chi connectivity index (χ3v) is 5.52. The van der Waals surface area contributed by atoms with Crippen molar-refractivity contribution in [3.8, 4) is 22.9 Å². The zero-order valence-electron chi connectivity index (χ0n) is 19.4. The Labute approximate surface area is 198 Å². The maximum absolute atomic E-state index is 12.7. The van der Waals surface area contributed by atoms with Gasteiger partial charge in [-0.15, -0.1) is 10.2 Å². The summed E-state index contributed by atoms with van der Waals surface area (Å²) >= 11 is 0. The van der Waals surface area contributed by atoms with Gasteiger partial charge in [0.1, 0.15) is 0 Å². The first-order valence-electron chi connectivity index (χ1n) is 11.2. The van der Waals surface area contributed by atoms with Gasteiger partial charge in [-0.2, -0.15) is 0 Å². The van der Waals surface area contributed by atoms with Gasteiger partial charge in [0.2, 0.25) is 11.8 Å². The predicted molar refractivity (Wildman–Crippen MR) is 132 cm³/mol. The van der Waals surface area contributed by atoms with Crippen LogP contribution in [-0.2, 0) is 0 Å². The number of nitrogens with zero attached hydrogens (tertiary/aromatic N) is 3. The van der Waals surface area contributed by atoms with Crippen molar-refractivity contribution in [1.29, 1.82) is 0 Å². The molecule has 7 nitrogen and oxygen atoms in total. The van der Waals surface area contributed by atoms with Crippen LogP contribution >= 0.6 is 0 Å². The molecular weight excluding hydrogens is 428 g/mol. The molecule has 0 aliphatic rings. The molecule has 1 aromatic heterocycles. The molecule has 0 saturated carbocycles. The Hall–Kier alpha value is -4.26. The van der Waals surface area contributed by atoms with Gasteiger partial charge < -0.3 is 14.6 Å². The second kappa shape index (κ2) is 10.1. The summed E-state index contributed by atoms with van der Waals surface area (Å²) in [5, 5.41) is 11.1. The smallest absolute Gasteiger partial charge is 0.255 e. The molecule has 4 rings (SSSR count). The van der Waals surface area contributed by atoms with Crippen molar-refractivity contribution in [3.05, 3.63) is 89.5 Å². The fourth-order valence-corrected chi connectivity index (χ4v) is 3.59. The summed E-state index contributed by atoms with van der Waals surface area (Å²) in [4.78, 5) is 26.8. The van der Waals surface area contributed by atoms with E-state index in [0.717, 1.165) is 16.7 Å². The molecule has 0 fully saturated rings. The number of benzene rings is 3. The van der Waals surface area contributed by atoms with Crippen LogP contribution in [0.2, 0.25) is 0 Å². The lowest BCUT2D eigenvalue weighted by Crippen LogP contribution is -2.30. The van der Waals surface area contributed by atoms with Crippen LogP contribution in [0.3, 0.4) is 0 Å². The van der Waals surface area contributed by atoms with Crippen LogP contribution in [0.5, 0.6) is 0 Å². The summed E-state index contributed by atoms with van der Waals surface area (Å²) in [6, 6.07) is 21.7. The second-order valence-corrected chi connectivity index (χ2v) is 7.87. The number of carbonyl (C=O) groups is 2. The standard InChI is InChI=1S/C27H26N4O3/c1-4-31(5-2)27(33)21-13-15-23(16-14-21)28-24(32)19-9-11-20(12-10-19)25-29-30-26(34-25)22-8-6-7-18(3)17-22/h6-17H,4-5H2,1-3H3,(H,28,32). The molecule has 3 aromatic carbocycles. The topological polar surface area (TPSA) is 88.3 Å². The minimum absolute atomic E-state index is 0.0231. The predicted octanol–water partition coefficient (Wildman–Crippen LogP) is 5.45. The largest absolute Gasteiger partial charge is 0.416 e. The quantitative estimate of drug-likeness (QED) is 0.401. The summed E-state index contributed by atoms with van der Waals surface area (Å²) in [6.07, 6.45) is 0. The minimum Gasteiger partial charge on any atom is -0.416 e. The number of nitrogens with one attached hydrogen (secondary N) is 1. The third kappa shape index (κ3) is 5.04. The molecule has 2 amide bonds. The third-order valence-electron chi connectivity index (χ3n) is 5.52. The Kier molecular flexibility index (Phi) is 6.82. The molecule has 0 aliphatic carbocycles. The van der Waals surface area contributed by atoms with E-state index in [0.29, 0.717) is 41.7 Å². The molecule has 1 heterocycles. The van der Waals surface area contributed by atoms with Crippen molar-refractivity contribution in [2.45, 2.75) is 20.8 Å². The summed E-state index contributed by atoms with van der Waals surface area (Å²) in [5.74, 6) is 0.561. The molecule has 34 heavy (non-hydrogen) atoms. The average molecular weight is 455 g/mol. The summed E-state index contributed by atoms with van der Waals surface area (Å²) in [6.45, 7) is 7.21. The van der Waals surface area contributed by atoms with Gasteiger partial charge >= 0.3 is 0 Å². The summed E-state index contributed by atoms with van der Waals surface area (Å²) in [5.41, 5.74) is 4.39. The molecule has 0 bridgehead atoms. The Bertz CT molecular complexity index is 1290. The fourth-order valence-electron chi connectivity index (χ4n) is 3.59. The molecule has 172 valence electrons. The zero-order valence-corrected chi connectivity index (χ0v) is 19.4. The first-order chi connectivity index (χ1) is 16.5. The number of rotatable bonds is 7. The molecule has 0 aliphatic heterocycles. The Morgan fingerprint density at radius 2 is 1.44 bits per heavy atom. The number of anilines is 1. The van der Waals surface area contributed by atoms with Crippen molar-refractivity contribution in [3.63, 3.8) is 0 Å². The highest BCUT2D eigenvalue weighted by atomic mass is 16.4. The van der Waals surface area contributed by atoms with Gasteiger partial charge in [-0.05, 0) is 81.4 Å². The highest BCUT2D eigenvalue weighted by Gasteiger charge is 2.14. The molecule has 0 spiro atoms. The minimum atomic E-state index is -0.250. The SMILES string of the molecule is CCN(CC)C(=O)c1ccc(NC(=O)c2ccc(-c3nnc(-c4cccc(C)c4)o3)cc2)cc1. The summed E-state index contributed by atoms with van der Waals surface area (Å²) in [7, 11) is 0. The number of carbonyl (C=O) groups excluding carboxylic acids is 2. The van der Waals surface area contributed by atoms with Crippen molar-refractivity contribution in [2.75, 3.05) is 18.4 Å². The molecule has 0 atom stereocenters. The van der Waals surface area contributed by atoms with Crippen molar-refractivity contribution < 1.29 is 14.0 Å². The fraction of sp³-hybridized carbons (Fsp3) is 0.185. The Balaban J connectivity index is 1.42. The molecule has 0 unspecified atom stereocenters. The van der Waals surface area contributed by atoms with E-state index in [4.69, 9.17) is 4.42 Å². The molecule has 4 aromatic rings. The maximum Gasteiger partial charge on any atom is 0.255 e. The normalized spacial score (nSPS) is 10.7. The number of hydrogen-bond donors (Lipinski definition) is 1. The van der Waals surface area contributed by atoms with E-state index >= 15 is 0 Å². The van der Waals surface area contributed by atoms with Crippen LogP contribution in [0.1, 0.15) is 40.1 Å². The van der Waals surface area contributed by atoms with Crippen LogP contribution < -0.4 is 5.32 Å². The van der Waals surface area contributed by atoms with Crippen LogP contribution in [0.25, 0.3) is 22.9 Å². The van der Waals surface area contributed by atoms with E-state index in [1.807, 2.05) is 45.0 Å². The number of aromatic nitrogens is 2. The average Bonchev–Trinajstić information content (AvgIpc) is 3.36. The molecule has 7 heteroatoms. The van der Waals surface area contributed by atoms with E-state index < -0.39 is 0 Å².